The highest BCUT2D eigenvalue weighted by atomic mass is 35.5. The van der Waals surface area contributed by atoms with Gasteiger partial charge in [-0.1, -0.05) is 11.6 Å². The molecule has 1 aromatic carbocycles. The summed E-state index contributed by atoms with van der Waals surface area (Å²) in [5.74, 6) is -0.166. The van der Waals surface area contributed by atoms with Crippen molar-refractivity contribution < 1.29 is 13.5 Å². The van der Waals surface area contributed by atoms with Crippen molar-refractivity contribution in [2.45, 2.75) is 18.4 Å². The Bertz CT molecular complexity index is 1270. The van der Waals surface area contributed by atoms with Crippen molar-refractivity contribution in [1.82, 2.24) is 9.55 Å². The van der Waals surface area contributed by atoms with Crippen LogP contribution in [0.1, 0.15) is 17.5 Å². The van der Waals surface area contributed by atoms with Crippen LogP contribution in [0.3, 0.4) is 0 Å². The van der Waals surface area contributed by atoms with E-state index in [0.29, 0.717) is 22.3 Å². The van der Waals surface area contributed by atoms with E-state index in [2.05, 4.69) is 10.3 Å². The van der Waals surface area contributed by atoms with Gasteiger partial charge in [0.1, 0.15) is 22.3 Å². The number of fused-ring (bicyclic) bond motifs is 3. The molecule has 30 heavy (non-hydrogen) atoms. The number of nitrogens with two attached hydrogens (primary N) is 1. The third-order valence-electron chi connectivity index (χ3n) is 5.27. The van der Waals surface area contributed by atoms with Gasteiger partial charge in [0.15, 0.2) is 5.75 Å². The van der Waals surface area contributed by atoms with Crippen molar-refractivity contribution >= 4 is 33.9 Å². The van der Waals surface area contributed by atoms with E-state index in [1.54, 1.807) is 24.3 Å². The summed E-state index contributed by atoms with van der Waals surface area (Å²) in [5, 5.41) is 12.8. The second-order valence-electron chi connectivity index (χ2n) is 7.00. The van der Waals surface area contributed by atoms with Gasteiger partial charge in [-0.15, -0.1) is 0 Å². The monoisotopic (exact) mass is 431 g/mol. The fraction of sp³-hybridized carbons (Fsp3) is 0.250. The van der Waals surface area contributed by atoms with Crippen LogP contribution < -0.4 is 21.3 Å². The molecular weight excluding hydrogens is 416 g/mol. The Morgan fingerprint density at radius 2 is 2.20 bits per heavy atom. The van der Waals surface area contributed by atoms with Gasteiger partial charge in [-0.25, -0.2) is 13.8 Å². The van der Waals surface area contributed by atoms with Crippen LogP contribution in [-0.4, -0.2) is 22.6 Å². The Labute approximate surface area is 174 Å². The Morgan fingerprint density at radius 3 is 2.90 bits per heavy atom. The second-order valence-corrected chi connectivity index (χ2v) is 7.36. The van der Waals surface area contributed by atoms with Gasteiger partial charge in [-0.3, -0.25) is 4.79 Å². The van der Waals surface area contributed by atoms with E-state index in [-0.39, 0.29) is 35.1 Å². The summed E-state index contributed by atoms with van der Waals surface area (Å²) in [4.78, 5) is 16.6. The zero-order chi connectivity index (χ0) is 21.6. The standard InChI is InChI=1S/C20H16ClF2N5O2/c1-28-14-3-2-10(27-13-4-6-26-17(21)12(13)9-24)8-11(14)15-16(18(28)29)30-7-5-20(15,25)19(22)23/h2-4,6,8,19H,5,7,25H2,1H3,(H,26,27). The molecule has 0 bridgehead atoms. The molecule has 1 atom stereocenters. The van der Waals surface area contributed by atoms with Gasteiger partial charge < -0.3 is 20.4 Å². The van der Waals surface area contributed by atoms with Gasteiger partial charge in [0.2, 0.25) is 0 Å². The summed E-state index contributed by atoms with van der Waals surface area (Å²) in [6.07, 6.45) is -1.58. The summed E-state index contributed by atoms with van der Waals surface area (Å²) < 4.78 is 34.7. The molecule has 0 fully saturated rings. The molecule has 3 N–H and O–H groups in total. The molecular formula is C20H16ClF2N5O2. The van der Waals surface area contributed by atoms with Crippen molar-refractivity contribution in [3.05, 3.63) is 57.1 Å². The molecule has 0 spiro atoms. The van der Waals surface area contributed by atoms with Crippen LogP contribution in [0.4, 0.5) is 20.2 Å². The normalized spacial score (nSPS) is 18.0. The highest BCUT2D eigenvalue weighted by Crippen LogP contribution is 2.42. The Hall–Kier alpha value is -3.22. The SMILES string of the molecule is Cn1c(=O)c2c(c3cc(Nc4ccnc(Cl)c4C#N)ccc31)C(N)(C(F)F)CCO2. The van der Waals surface area contributed by atoms with Crippen molar-refractivity contribution in [3.63, 3.8) is 0 Å². The first-order valence-corrected chi connectivity index (χ1v) is 9.34. The summed E-state index contributed by atoms with van der Waals surface area (Å²) in [5.41, 5.74) is 5.01. The van der Waals surface area contributed by atoms with Crippen molar-refractivity contribution in [3.8, 4) is 11.8 Å². The average Bonchev–Trinajstić information content (AvgIpc) is 2.72. The molecule has 0 saturated carbocycles. The third-order valence-corrected chi connectivity index (χ3v) is 5.55. The van der Waals surface area contributed by atoms with E-state index >= 15 is 0 Å². The lowest BCUT2D eigenvalue weighted by Gasteiger charge is -2.35. The van der Waals surface area contributed by atoms with Crippen LogP contribution in [0.15, 0.2) is 35.3 Å². The largest absolute Gasteiger partial charge is 0.488 e. The Kier molecular flexibility index (Phi) is 4.84. The fourth-order valence-electron chi connectivity index (χ4n) is 3.66. The number of aryl methyl sites for hydroxylation is 1. The van der Waals surface area contributed by atoms with Crippen LogP contribution in [0.2, 0.25) is 5.15 Å². The fourth-order valence-corrected chi connectivity index (χ4v) is 3.86. The van der Waals surface area contributed by atoms with Gasteiger partial charge in [-0.05, 0) is 24.3 Å². The minimum absolute atomic E-state index is 0.0150. The number of ether oxygens (including phenoxy) is 1. The molecule has 3 aromatic rings. The predicted molar refractivity (Wildman–Crippen MR) is 108 cm³/mol. The van der Waals surface area contributed by atoms with Gasteiger partial charge in [0.05, 0.1) is 17.8 Å². The number of rotatable bonds is 3. The minimum atomic E-state index is -2.89. The molecule has 10 heteroatoms. The number of pyridine rings is 2. The smallest absolute Gasteiger partial charge is 0.293 e. The molecule has 3 heterocycles. The lowest BCUT2D eigenvalue weighted by Crippen LogP contribution is -2.49. The van der Waals surface area contributed by atoms with Gasteiger partial charge in [-0.2, -0.15) is 5.26 Å². The van der Waals surface area contributed by atoms with Crippen LogP contribution in [0.25, 0.3) is 10.9 Å². The number of anilines is 2. The molecule has 0 radical (unpaired) electrons. The van der Waals surface area contributed by atoms with E-state index in [9.17, 15) is 18.8 Å². The average molecular weight is 432 g/mol. The maximum atomic E-state index is 14.0. The number of halogens is 3. The number of aromatic nitrogens is 2. The van der Waals surface area contributed by atoms with E-state index < -0.39 is 17.5 Å². The highest BCUT2D eigenvalue weighted by molar-refractivity contribution is 6.31. The second kappa shape index (κ2) is 7.23. The molecule has 1 unspecified atom stereocenters. The van der Waals surface area contributed by atoms with Crippen LogP contribution in [0, 0.1) is 11.3 Å². The zero-order valence-electron chi connectivity index (χ0n) is 15.7. The first-order chi connectivity index (χ1) is 14.3. The number of hydrogen-bond donors (Lipinski definition) is 2. The quantitative estimate of drug-likeness (QED) is 0.615. The van der Waals surface area contributed by atoms with E-state index in [1.807, 2.05) is 6.07 Å². The molecule has 0 amide bonds. The predicted octanol–water partition coefficient (Wildman–Crippen LogP) is 3.40. The first-order valence-electron chi connectivity index (χ1n) is 8.96. The number of nitrogens with one attached hydrogen (secondary N) is 1. The maximum Gasteiger partial charge on any atom is 0.293 e. The molecule has 154 valence electrons. The number of alkyl halides is 2. The Morgan fingerprint density at radius 1 is 1.43 bits per heavy atom. The molecule has 2 aromatic heterocycles. The molecule has 1 aliphatic rings. The minimum Gasteiger partial charge on any atom is -0.488 e. The van der Waals surface area contributed by atoms with Crippen molar-refractivity contribution in [2.24, 2.45) is 12.8 Å². The number of nitriles is 1. The summed E-state index contributed by atoms with van der Waals surface area (Å²) in [7, 11) is 1.53. The highest BCUT2D eigenvalue weighted by Gasteiger charge is 2.45. The third kappa shape index (κ3) is 2.96. The van der Waals surface area contributed by atoms with Crippen LogP contribution in [0.5, 0.6) is 5.75 Å². The number of benzene rings is 1. The van der Waals surface area contributed by atoms with Crippen molar-refractivity contribution in [1.29, 1.82) is 5.26 Å². The summed E-state index contributed by atoms with van der Waals surface area (Å²) in [6, 6.07) is 8.42. The lowest BCUT2D eigenvalue weighted by atomic mass is 9.83. The summed E-state index contributed by atoms with van der Waals surface area (Å²) >= 11 is 5.97. The first kappa shape index (κ1) is 20.1. The Balaban J connectivity index is 1.96. The van der Waals surface area contributed by atoms with Crippen LogP contribution >= 0.6 is 11.6 Å². The maximum absolute atomic E-state index is 14.0. The topological polar surface area (TPSA) is 106 Å². The van der Waals surface area contributed by atoms with E-state index in [0.717, 1.165) is 0 Å². The number of nitrogens with zero attached hydrogens (tertiary/aromatic N) is 3. The zero-order valence-corrected chi connectivity index (χ0v) is 16.5. The molecule has 4 rings (SSSR count). The molecule has 1 aliphatic heterocycles. The van der Waals surface area contributed by atoms with E-state index in [4.69, 9.17) is 22.1 Å². The molecule has 0 saturated heterocycles. The van der Waals surface area contributed by atoms with Crippen LogP contribution in [-0.2, 0) is 12.6 Å². The van der Waals surface area contributed by atoms with Gasteiger partial charge >= 0.3 is 0 Å². The number of hydrogen-bond acceptors (Lipinski definition) is 6. The lowest BCUT2D eigenvalue weighted by molar-refractivity contribution is 0.0267. The molecule has 7 nitrogen and oxygen atoms in total. The summed E-state index contributed by atoms with van der Waals surface area (Å²) in [6.45, 7) is -0.0758. The van der Waals surface area contributed by atoms with Crippen molar-refractivity contribution in [2.75, 3.05) is 11.9 Å². The van der Waals surface area contributed by atoms with Gasteiger partial charge in [0.25, 0.3) is 12.0 Å². The molecule has 0 aliphatic carbocycles. The van der Waals surface area contributed by atoms with E-state index in [1.165, 1.54) is 17.8 Å². The van der Waals surface area contributed by atoms with Gasteiger partial charge in [0, 0.05) is 36.3 Å².